The summed E-state index contributed by atoms with van der Waals surface area (Å²) < 4.78 is 23.2. The Morgan fingerprint density at radius 2 is 1.84 bits per heavy atom. The number of nitrogens with one attached hydrogen (secondary N) is 1. The quantitative estimate of drug-likeness (QED) is 0.505. The van der Waals surface area contributed by atoms with Gasteiger partial charge < -0.3 is 9.26 Å². The van der Waals surface area contributed by atoms with Gasteiger partial charge in [-0.25, -0.2) is 9.65 Å². The van der Waals surface area contributed by atoms with Gasteiger partial charge in [0.1, 0.15) is 11.8 Å². The highest BCUT2D eigenvalue weighted by molar-refractivity contribution is 7.84. The highest BCUT2D eigenvalue weighted by Crippen LogP contribution is 2.50. The fourth-order valence-corrected chi connectivity index (χ4v) is 3.93. The molecule has 0 aliphatic rings. The minimum Gasteiger partial charge on any atom is -0.465 e. The molecular formula is C18H23ClNO4P. The Bertz CT molecular complexity index is 775. The number of benzene rings is 2. The molecule has 25 heavy (non-hydrogen) atoms. The van der Waals surface area contributed by atoms with Gasteiger partial charge in [0.2, 0.25) is 0 Å². The molecule has 0 aromatic heterocycles. The zero-order valence-corrected chi connectivity index (χ0v) is 16.2. The molecule has 0 bridgehead atoms. The van der Waals surface area contributed by atoms with E-state index in [0.717, 1.165) is 17.2 Å². The lowest BCUT2D eigenvalue weighted by molar-refractivity contribution is -0.145. The molecule has 1 unspecified atom stereocenters. The lowest BCUT2D eigenvalue weighted by Gasteiger charge is -2.19. The fourth-order valence-electron chi connectivity index (χ4n) is 2.23. The molecule has 5 nitrogen and oxygen atoms in total. The molecule has 0 spiro atoms. The average molecular weight is 384 g/mol. The highest BCUT2D eigenvalue weighted by atomic mass is 35.7. The van der Waals surface area contributed by atoms with Crippen molar-refractivity contribution in [3.8, 4) is 5.75 Å². The van der Waals surface area contributed by atoms with Gasteiger partial charge in [-0.3, -0.25) is 4.79 Å². The molecule has 2 rings (SSSR count). The third kappa shape index (κ3) is 6.03. The van der Waals surface area contributed by atoms with E-state index < -0.39 is 18.9 Å². The molecule has 0 saturated heterocycles. The summed E-state index contributed by atoms with van der Waals surface area (Å²) in [6.07, 6.45) is 0.767. The second kappa shape index (κ2) is 8.70. The second-order valence-electron chi connectivity index (χ2n) is 6.25. The smallest absolute Gasteiger partial charge is 0.409 e. The summed E-state index contributed by atoms with van der Waals surface area (Å²) >= 11 is 6.01. The van der Waals surface area contributed by atoms with Crippen LogP contribution >= 0.6 is 18.1 Å². The van der Waals surface area contributed by atoms with E-state index in [1.54, 1.807) is 19.1 Å². The Kier molecular flexibility index (Phi) is 6.88. The van der Waals surface area contributed by atoms with Crippen LogP contribution in [0.2, 0.25) is 0 Å². The van der Waals surface area contributed by atoms with E-state index >= 15 is 0 Å². The van der Waals surface area contributed by atoms with Gasteiger partial charge in [0.05, 0.1) is 6.61 Å². The normalized spacial score (nSPS) is 14.9. The van der Waals surface area contributed by atoms with E-state index in [2.05, 4.69) is 5.09 Å². The molecule has 0 saturated carbocycles. The maximum Gasteiger partial charge on any atom is 0.409 e. The molecular weight excluding hydrogens is 361 g/mol. The van der Waals surface area contributed by atoms with Crippen molar-refractivity contribution < 1.29 is 18.6 Å². The average Bonchev–Trinajstić information content (AvgIpc) is 2.54. The van der Waals surface area contributed by atoms with Crippen LogP contribution in [0.25, 0.3) is 10.8 Å². The lowest BCUT2D eigenvalue weighted by Crippen LogP contribution is -2.33. The molecule has 0 aliphatic heterocycles. The van der Waals surface area contributed by atoms with Crippen LogP contribution in [0.1, 0.15) is 27.2 Å². The molecule has 0 heterocycles. The van der Waals surface area contributed by atoms with Crippen molar-refractivity contribution in [1.29, 1.82) is 0 Å². The molecule has 2 atom stereocenters. The molecule has 1 N–H and O–H groups in total. The van der Waals surface area contributed by atoms with Crippen molar-refractivity contribution in [2.75, 3.05) is 6.61 Å². The van der Waals surface area contributed by atoms with E-state index in [4.69, 9.17) is 20.5 Å². The van der Waals surface area contributed by atoms with Crippen LogP contribution in [0.4, 0.5) is 0 Å². The number of ether oxygens (including phenoxy) is 1. The largest absolute Gasteiger partial charge is 0.465 e. The zero-order chi connectivity index (χ0) is 18.4. The molecule has 0 fully saturated rings. The first-order chi connectivity index (χ1) is 11.8. The zero-order valence-electron chi connectivity index (χ0n) is 14.6. The summed E-state index contributed by atoms with van der Waals surface area (Å²) in [6.45, 7) is 2.19. The van der Waals surface area contributed by atoms with Gasteiger partial charge in [0.25, 0.3) is 0 Å². The third-order valence-electron chi connectivity index (χ3n) is 3.61. The number of esters is 1. The predicted octanol–water partition coefficient (Wildman–Crippen LogP) is 5.13. The van der Waals surface area contributed by atoms with Gasteiger partial charge in [-0.15, -0.1) is 0 Å². The first-order valence-electron chi connectivity index (χ1n) is 8.20. The van der Waals surface area contributed by atoms with Crippen molar-refractivity contribution in [3.63, 3.8) is 0 Å². The lowest BCUT2D eigenvalue weighted by atomic mass is 10.1. The molecule has 0 radical (unpaired) electrons. The van der Waals surface area contributed by atoms with Gasteiger partial charge in [-0.05, 0) is 30.7 Å². The molecule has 2 aromatic rings. The van der Waals surface area contributed by atoms with Crippen molar-refractivity contribution in [1.82, 2.24) is 5.09 Å². The maximum atomic E-state index is 12.5. The number of halogens is 1. The van der Waals surface area contributed by atoms with Crippen LogP contribution in [0, 0.1) is 5.92 Å². The van der Waals surface area contributed by atoms with Crippen molar-refractivity contribution >= 4 is 34.9 Å². The van der Waals surface area contributed by atoms with Gasteiger partial charge in [0.15, 0.2) is 0 Å². The van der Waals surface area contributed by atoms with Gasteiger partial charge in [0, 0.05) is 16.6 Å². The Labute approximate surface area is 152 Å². The first kappa shape index (κ1) is 19.8. The maximum absolute atomic E-state index is 12.5. The van der Waals surface area contributed by atoms with Crippen LogP contribution < -0.4 is 9.61 Å². The number of hydrogen-bond donors (Lipinski definition) is 1. The van der Waals surface area contributed by atoms with E-state index in [1.165, 1.54) is 0 Å². The van der Waals surface area contributed by atoms with Crippen LogP contribution in [0.15, 0.2) is 42.5 Å². The van der Waals surface area contributed by atoms with E-state index in [9.17, 15) is 9.36 Å². The second-order valence-corrected chi connectivity index (χ2v) is 8.98. The summed E-state index contributed by atoms with van der Waals surface area (Å²) in [5.74, 6) is 0.317. The SMILES string of the molecule is CC(C)CCOC(=O)[C@H](C)NP(=O)(Cl)Oc1cccc2ccccc12. The number of rotatable bonds is 8. The molecule has 0 amide bonds. The van der Waals surface area contributed by atoms with Gasteiger partial charge >= 0.3 is 12.8 Å². The Balaban J connectivity index is 2.01. The summed E-state index contributed by atoms with van der Waals surface area (Å²) in [6, 6.07) is 12.1. The highest BCUT2D eigenvalue weighted by Gasteiger charge is 2.28. The third-order valence-corrected chi connectivity index (χ3v) is 5.23. The standard InChI is InChI=1S/C18H23ClNO4P/c1-13(2)11-12-23-18(21)14(3)20-25(19,22)24-17-10-6-8-15-7-4-5-9-16(15)17/h4-10,13-14H,11-12H2,1-3H3,(H,20,22)/t14-,25?/m0/s1. The number of carbonyl (C=O) groups is 1. The van der Waals surface area contributed by atoms with Crippen molar-refractivity contribution in [3.05, 3.63) is 42.5 Å². The first-order valence-corrected chi connectivity index (χ1v) is 10.7. The summed E-state index contributed by atoms with van der Waals surface area (Å²) in [4.78, 5) is 11.9. The van der Waals surface area contributed by atoms with Crippen molar-refractivity contribution in [2.24, 2.45) is 5.92 Å². The Hall–Kier alpha value is -1.55. The Morgan fingerprint density at radius 3 is 2.56 bits per heavy atom. The van der Waals surface area contributed by atoms with Gasteiger partial charge in [-0.1, -0.05) is 50.2 Å². The minimum absolute atomic E-state index is 0.319. The van der Waals surface area contributed by atoms with Gasteiger partial charge in [-0.2, -0.15) is 0 Å². The van der Waals surface area contributed by atoms with Crippen LogP contribution in [-0.2, 0) is 14.1 Å². The van der Waals surface area contributed by atoms with E-state index in [1.807, 2.05) is 44.2 Å². The monoisotopic (exact) mass is 383 g/mol. The van der Waals surface area contributed by atoms with E-state index in [0.29, 0.717) is 18.3 Å². The number of hydrogen-bond acceptors (Lipinski definition) is 4. The minimum atomic E-state index is -3.76. The van der Waals surface area contributed by atoms with Crippen LogP contribution in [0.5, 0.6) is 5.75 Å². The summed E-state index contributed by atoms with van der Waals surface area (Å²) in [7, 11) is 0. The predicted molar refractivity (Wildman–Crippen MR) is 101 cm³/mol. The van der Waals surface area contributed by atoms with Crippen LogP contribution in [-0.4, -0.2) is 18.6 Å². The molecule has 2 aromatic carbocycles. The fraction of sp³-hybridized carbons (Fsp3) is 0.389. The summed E-state index contributed by atoms with van der Waals surface area (Å²) in [5, 5.41) is 4.27. The number of carbonyl (C=O) groups excluding carboxylic acids is 1. The molecule has 7 heteroatoms. The molecule has 0 aliphatic carbocycles. The summed E-state index contributed by atoms with van der Waals surface area (Å²) in [5.41, 5.74) is 0. The topological polar surface area (TPSA) is 64.6 Å². The van der Waals surface area contributed by atoms with E-state index in [-0.39, 0.29) is 0 Å². The number of fused-ring (bicyclic) bond motifs is 1. The molecule has 136 valence electrons. The Morgan fingerprint density at radius 1 is 1.16 bits per heavy atom. The van der Waals surface area contributed by atoms with Crippen LogP contribution in [0.3, 0.4) is 0 Å². The van der Waals surface area contributed by atoms with Crippen molar-refractivity contribution in [2.45, 2.75) is 33.2 Å².